The van der Waals surface area contributed by atoms with Gasteiger partial charge < -0.3 is 19.7 Å². The van der Waals surface area contributed by atoms with E-state index in [1.165, 1.54) is 4.80 Å². The number of amides is 2. The molecule has 0 spiro atoms. The van der Waals surface area contributed by atoms with Crippen molar-refractivity contribution < 1.29 is 19.1 Å². The van der Waals surface area contributed by atoms with Gasteiger partial charge in [0.05, 0.1) is 12.2 Å². The Morgan fingerprint density at radius 2 is 1.62 bits per heavy atom. The Hall–Kier alpha value is -3.05. The van der Waals surface area contributed by atoms with Crippen molar-refractivity contribution in [2.45, 2.75) is 50.5 Å². The fourth-order valence-electron chi connectivity index (χ4n) is 4.83. The van der Waals surface area contributed by atoms with Crippen molar-refractivity contribution in [1.82, 2.24) is 30.4 Å². The van der Waals surface area contributed by atoms with Gasteiger partial charge in [0.1, 0.15) is 12.6 Å². The number of halogens is 2. The van der Waals surface area contributed by atoms with Crippen LogP contribution >= 0.6 is 23.2 Å². The molecule has 0 saturated carbocycles. The van der Waals surface area contributed by atoms with E-state index in [1.807, 2.05) is 0 Å². The average molecular weight is 573 g/mol. The topological polar surface area (TPSA) is 111 Å². The molecule has 0 unspecified atom stereocenters. The summed E-state index contributed by atoms with van der Waals surface area (Å²) < 4.78 is 11.5. The zero-order valence-corrected chi connectivity index (χ0v) is 22.9. The zero-order chi connectivity index (χ0) is 27.2. The maximum absolute atomic E-state index is 13.8. The summed E-state index contributed by atoms with van der Waals surface area (Å²) in [6, 6.07) is 13.1. The monoisotopic (exact) mass is 572 g/mol. The second-order valence-corrected chi connectivity index (χ2v) is 10.5. The van der Waals surface area contributed by atoms with Gasteiger partial charge in [-0.25, -0.2) is 0 Å². The Bertz CT molecular complexity index is 1260. The summed E-state index contributed by atoms with van der Waals surface area (Å²) in [7, 11) is 0. The lowest BCUT2D eigenvalue weighted by Crippen LogP contribution is -2.48. The highest BCUT2D eigenvalue weighted by Crippen LogP contribution is 2.27. The van der Waals surface area contributed by atoms with Crippen molar-refractivity contribution in [3.8, 4) is 11.4 Å². The van der Waals surface area contributed by atoms with Crippen molar-refractivity contribution in [2.75, 3.05) is 26.3 Å². The molecule has 0 radical (unpaired) electrons. The summed E-state index contributed by atoms with van der Waals surface area (Å²) >= 11 is 12.1. The first-order valence-electron chi connectivity index (χ1n) is 13.1. The normalized spacial score (nSPS) is 19.6. The van der Waals surface area contributed by atoms with Crippen LogP contribution in [0.1, 0.15) is 37.3 Å². The minimum atomic E-state index is -0.903. The van der Waals surface area contributed by atoms with E-state index in [-0.39, 0.29) is 37.1 Å². The van der Waals surface area contributed by atoms with Gasteiger partial charge in [-0.15, -0.1) is 10.2 Å². The van der Waals surface area contributed by atoms with Crippen LogP contribution in [0.2, 0.25) is 10.0 Å². The Kier molecular flexibility index (Phi) is 9.08. The van der Waals surface area contributed by atoms with E-state index in [0.717, 1.165) is 31.2 Å². The maximum Gasteiger partial charge on any atom is 0.247 e. The van der Waals surface area contributed by atoms with Crippen LogP contribution in [-0.2, 0) is 25.6 Å². The third-order valence-corrected chi connectivity index (χ3v) is 7.35. The molecule has 2 aliphatic heterocycles. The first kappa shape index (κ1) is 27.5. The molecule has 3 atom stereocenters. The SMILES string of the molecule is O=C(NC[C@@H]1CCCO1)[C@@H](c1ccc(Cl)cc1)N(C[C@H]1CCCO1)C(=O)Cn1nnc(-c2ccc(Cl)cc2)n1. The lowest BCUT2D eigenvalue weighted by Gasteiger charge is -2.33. The molecule has 2 aliphatic rings. The van der Waals surface area contributed by atoms with Crippen LogP contribution in [0.5, 0.6) is 0 Å². The van der Waals surface area contributed by atoms with Crippen LogP contribution < -0.4 is 5.32 Å². The standard InChI is InChI=1S/C27H30Cl2N6O4/c28-20-9-5-18(6-10-20)25(27(37)30-15-22-3-1-13-38-22)34(16-23-4-2-14-39-23)24(36)17-35-32-26(31-33-35)19-7-11-21(29)12-8-19/h5-12,22-23,25H,1-4,13-17H2,(H,30,37)/t22-,23+,25+/m0/s1. The van der Waals surface area contributed by atoms with Crippen molar-refractivity contribution in [3.63, 3.8) is 0 Å². The molecule has 0 aliphatic carbocycles. The number of rotatable bonds is 10. The molecule has 3 aromatic rings. The van der Waals surface area contributed by atoms with Crippen LogP contribution in [0.25, 0.3) is 11.4 Å². The van der Waals surface area contributed by atoms with Crippen molar-refractivity contribution >= 4 is 35.0 Å². The predicted octanol–water partition coefficient (Wildman–Crippen LogP) is 3.69. The predicted molar refractivity (Wildman–Crippen MR) is 145 cm³/mol. The molecular formula is C27H30Cl2N6O4. The minimum Gasteiger partial charge on any atom is -0.376 e. The van der Waals surface area contributed by atoms with Crippen LogP contribution in [0.15, 0.2) is 48.5 Å². The fourth-order valence-corrected chi connectivity index (χ4v) is 5.08. The van der Waals surface area contributed by atoms with Crippen LogP contribution in [0, 0.1) is 0 Å². The van der Waals surface area contributed by atoms with E-state index >= 15 is 0 Å². The van der Waals surface area contributed by atoms with Crippen LogP contribution in [0.4, 0.5) is 0 Å². The van der Waals surface area contributed by atoms with Crippen molar-refractivity contribution in [3.05, 3.63) is 64.1 Å². The molecule has 39 heavy (non-hydrogen) atoms. The number of hydrogen-bond acceptors (Lipinski definition) is 7. The number of benzene rings is 2. The van der Waals surface area contributed by atoms with Gasteiger partial charge >= 0.3 is 0 Å². The van der Waals surface area contributed by atoms with Crippen LogP contribution in [0.3, 0.4) is 0 Å². The number of carbonyl (C=O) groups is 2. The summed E-state index contributed by atoms with van der Waals surface area (Å²) in [6.45, 7) is 1.74. The van der Waals surface area contributed by atoms with Gasteiger partial charge in [-0.3, -0.25) is 9.59 Å². The fraction of sp³-hybridized carbons (Fsp3) is 0.444. The summed E-state index contributed by atoms with van der Waals surface area (Å²) in [5.74, 6) is -0.265. The van der Waals surface area contributed by atoms with Gasteiger partial charge in [-0.05, 0) is 72.9 Å². The quantitative estimate of drug-likeness (QED) is 0.394. The molecule has 2 saturated heterocycles. The lowest BCUT2D eigenvalue weighted by molar-refractivity contribution is -0.143. The van der Waals surface area contributed by atoms with Crippen molar-refractivity contribution in [1.29, 1.82) is 0 Å². The summed E-state index contributed by atoms with van der Waals surface area (Å²) in [5, 5.41) is 16.7. The summed E-state index contributed by atoms with van der Waals surface area (Å²) in [4.78, 5) is 30.3. The second kappa shape index (κ2) is 12.9. The third-order valence-electron chi connectivity index (χ3n) is 6.85. The Balaban J connectivity index is 1.40. The average Bonchev–Trinajstić information content (AvgIpc) is 3.72. The highest BCUT2D eigenvalue weighted by atomic mass is 35.5. The minimum absolute atomic E-state index is 0.0345. The van der Waals surface area contributed by atoms with E-state index in [1.54, 1.807) is 53.4 Å². The molecule has 2 aromatic carbocycles. The molecule has 12 heteroatoms. The summed E-state index contributed by atoms with van der Waals surface area (Å²) in [6.07, 6.45) is 3.34. The van der Waals surface area contributed by atoms with Gasteiger partial charge in [0, 0.05) is 41.9 Å². The number of nitrogens with one attached hydrogen (secondary N) is 1. The molecule has 1 N–H and O–H groups in total. The first-order chi connectivity index (χ1) is 19.0. The zero-order valence-electron chi connectivity index (χ0n) is 21.3. The van der Waals surface area contributed by atoms with Crippen LogP contribution in [-0.4, -0.2) is 75.4 Å². The third kappa shape index (κ3) is 7.13. The molecule has 3 heterocycles. The van der Waals surface area contributed by atoms with E-state index in [2.05, 4.69) is 20.7 Å². The number of tetrazole rings is 1. The Morgan fingerprint density at radius 3 is 2.26 bits per heavy atom. The van der Waals surface area contributed by atoms with Gasteiger partial charge in [0.25, 0.3) is 0 Å². The molecule has 10 nitrogen and oxygen atoms in total. The number of ether oxygens (including phenoxy) is 2. The molecule has 2 fully saturated rings. The van der Waals surface area contributed by atoms with E-state index < -0.39 is 6.04 Å². The molecule has 2 amide bonds. The largest absolute Gasteiger partial charge is 0.376 e. The van der Waals surface area contributed by atoms with E-state index in [9.17, 15) is 9.59 Å². The van der Waals surface area contributed by atoms with Gasteiger partial charge in [0.2, 0.25) is 17.6 Å². The van der Waals surface area contributed by atoms with Gasteiger partial charge in [-0.2, -0.15) is 4.80 Å². The highest BCUT2D eigenvalue weighted by molar-refractivity contribution is 6.30. The molecule has 0 bridgehead atoms. The Morgan fingerprint density at radius 1 is 0.974 bits per heavy atom. The number of nitrogens with zero attached hydrogens (tertiary/aromatic N) is 5. The number of carbonyl (C=O) groups excluding carboxylic acids is 2. The van der Waals surface area contributed by atoms with Crippen molar-refractivity contribution in [2.24, 2.45) is 0 Å². The highest BCUT2D eigenvalue weighted by Gasteiger charge is 2.35. The first-order valence-corrected chi connectivity index (χ1v) is 13.8. The molecule has 206 valence electrons. The molecule has 5 rings (SSSR count). The smallest absolute Gasteiger partial charge is 0.247 e. The molecular weight excluding hydrogens is 543 g/mol. The lowest BCUT2D eigenvalue weighted by atomic mass is 10.0. The van der Waals surface area contributed by atoms with Gasteiger partial charge in [-0.1, -0.05) is 35.3 Å². The number of hydrogen-bond donors (Lipinski definition) is 1. The Labute approximate surface area is 236 Å². The maximum atomic E-state index is 13.8. The van der Waals surface area contributed by atoms with E-state index in [4.69, 9.17) is 32.7 Å². The number of aromatic nitrogens is 4. The van der Waals surface area contributed by atoms with Gasteiger partial charge in [0.15, 0.2) is 0 Å². The molecule has 1 aromatic heterocycles. The second-order valence-electron chi connectivity index (χ2n) is 9.67. The summed E-state index contributed by atoms with van der Waals surface area (Å²) in [5.41, 5.74) is 1.37. The van der Waals surface area contributed by atoms with E-state index in [0.29, 0.717) is 41.2 Å².